The molecule has 1 aromatic rings. The van der Waals surface area contributed by atoms with E-state index in [2.05, 4.69) is 20.7 Å². The molecule has 0 aromatic heterocycles. The van der Waals surface area contributed by atoms with Gasteiger partial charge in [0.25, 0.3) is 0 Å². The lowest BCUT2D eigenvalue weighted by atomic mass is 10.2. The largest absolute Gasteiger partial charge is 0.243 e. The zero-order valence-corrected chi connectivity index (χ0v) is 11.4. The van der Waals surface area contributed by atoms with Gasteiger partial charge in [0.1, 0.15) is 10.7 Å². The average molecular weight is 310 g/mol. The molecule has 0 radical (unpaired) electrons. The molecular formula is C10H13BrFNO2S. The van der Waals surface area contributed by atoms with Crippen LogP contribution in [0.2, 0.25) is 0 Å². The first-order chi connectivity index (χ1) is 7.33. The van der Waals surface area contributed by atoms with Gasteiger partial charge in [-0.2, -0.15) is 0 Å². The Morgan fingerprint density at radius 1 is 1.44 bits per heavy atom. The summed E-state index contributed by atoms with van der Waals surface area (Å²) in [6, 6.07) is 3.86. The normalized spacial score (nSPS) is 12.1. The summed E-state index contributed by atoms with van der Waals surface area (Å²) in [4.78, 5) is -0.323. The van der Waals surface area contributed by atoms with Crippen molar-refractivity contribution in [3.05, 3.63) is 28.5 Å². The first-order valence-electron chi connectivity index (χ1n) is 4.77. The van der Waals surface area contributed by atoms with E-state index in [1.54, 1.807) is 0 Å². The molecule has 0 amide bonds. The third kappa shape index (κ3) is 3.54. The minimum Gasteiger partial charge on any atom is -0.211 e. The molecule has 0 saturated carbocycles. The third-order valence-corrected chi connectivity index (χ3v) is 3.82. The molecule has 1 rings (SSSR count). The molecule has 0 aliphatic heterocycles. The number of sulfonamides is 1. The quantitative estimate of drug-likeness (QED) is 0.929. The van der Waals surface area contributed by atoms with Crippen LogP contribution in [0.3, 0.4) is 0 Å². The summed E-state index contributed by atoms with van der Waals surface area (Å²) < 4.78 is 39.7. The Morgan fingerprint density at radius 2 is 2.06 bits per heavy atom. The Bertz CT molecular complexity index is 474. The molecule has 3 nitrogen and oxygen atoms in total. The minimum absolute atomic E-state index is 0.174. The van der Waals surface area contributed by atoms with E-state index < -0.39 is 15.8 Å². The zero-order valence-electron chi connectivity index (χ0n) is 9.00. The van der Waals surface area contributed by atoms with Gasteiger partial charge in [-0.15, -0.1) is 0 Å². The van der Waals surface area contributed by atoms with E-state index >= 15 is 0 Å². The molecule has 0 aliphatic carbocycles. The zero-order chi connectivity index (χ0) is 12.3. The van der Waals surface area contributed by atoms with Crippen molar-refractivity contribution in [3.63, 3.8) is 0 Å². The van der Waals surface area contributed by atoms with Crippen LogP contribution in [0.15, 0.2) is 27.6 Å². The number of hydrogen-bond donors (Lipinski definition) is 1. The van der Waals surface area contributed by atoms with Gasteiger partial charge in [0.2, 0.25) is 10.0 Å². The lowest BCUT2D eigenvalue weighted by molar-refractivity contribution is 0.543. The Kier molecular flexibility index (Phi) is 4.46. The van der Waals surface area contributed by atoms with Gasteiger partial charge in [-0.05, 0) is 24.1 Å². The molecular weight excluding hydrogens is 297 g/mol. The van der Waals surface area contributed by atoms with Crippen molar-refractivity contribution >= 4 is 26.0 Å². The van der Waals surface area contributed by atoms with Gasteiger partial charge in [-0.1, -0.05) is 29.8 Å². The van der Waals surface area contributed by atoms with Crippen molar-refractivity contribution in [1.29, 1.82) is 0 Å². The molecule has 1 aromatic carbocycles. The summed E-state index contributed by atoms with van der Waals surface area (Å²) in [6.45, 7) is 4.04. The fraction of sp³-hybridized carbons (Fsp3) is 0.400. The van der Waals surface area contributed by atoms with Gasteiger partial charge in [-0.3, -0.25) is 0 Å². The molecule has 0 aliphatic rings. The summed E-state index contributed by atoms with van der Waals surface area (Å²) in [5, 5.41) is 0. The maximum absolute atomic E-state index is 13.4. The highest BCUT2D eigenvalue weighted by Crippen LogP contribution is 2.19. The molecule has 0 saturated heterocycles. The Labute approximate surface area is 103 Å². The molecule has 16 heavy (non-hydrogen) atoms. The summed E-state index contributed by atoms with van der Waals surface area (Å²) in [7, 11) is -3.75. The van der Waals surface area contributed by atoms with E-state index in [4.69, 9.17) is 0 Å². The van der Waals surface area contributed by atoms with Crippen molar-refractivity contribution in [2.75, 3.05) is 6.54 Å². The van der Waals surface area contributed by atoms with Crippen LogP contribution in [-0.4, -0.2) is 15.0 Å². The third-order valence-electron chi connectivity index (χ3n) is 1.87. The topological polar surface area (TPSA) is 46.2 Å². The predicted molar refractivity (Wildman–Crippen MR) is 64.1 cm³/mol. The van der Waals surface area contributed by atoms with Gasteiger partial charge < -0.3 is 0 Å². The lowest BCUT2D eigenvalue weighted by Gasteiger charge is -2.09. The molecule has 90 valence electrons. The van der Waals surface area contributed by atoms with Gasteiger partial charge in [-0.25, -0.2) is 17.5 Å². The maximum Gasteiger partial charge on any atom is 0.243 e. The molecule has 0 atom stereocenters. The fourth-order valence-corrected chi connectivity index (χ4v) is 2.65. The van der Waals surface area contributed by atoms with E-state index in [0.29, 0.717) is 4.47 Å². The molecule has 0 fully saturated rings. The lowest BCUT2D eigenvalue weighted by Crippen LogP contribution is -2.28. The number of hydrogen-bond acceptors (Lipinski definition) is 2. The second-order valence-electron chi connectivity index (χ2n) is 3.82. The molecule has 0 bridgehead atoms. The van der Waals surface area contributed by atoms with Gasteiger partial charge in [0, 0.05) is 11.0 Å². The first kappa shape index (κ1) is 13.6. The molecule has 0 unspecified atom stereocenters. The number of halogens is 2. The number of benzene rings is 1. The van der Waals surface area contributed by atoms with Crippen molar-refractivity contribution in [2.24, 2.45) is 5.92 Å². The Balaban J connectivity index is 2.99. The molecule has 0 heterocycles. The Hall–Kier alpha value is -0.460. The summed E-state index contributed by atoms with van der Waals surface area (Å²) >= 11 is 3.07. The first-order valence-corrected chi connectivity index (χ1v) is 7.05. The highest BCUT2D eigenvalue weighted by molar-refractivity contribution is 9.10. The van der Waals surface area contributed by atoms with E-state index in [1.165, 1.54) is 12.1 Å². The number of nitrogens with one attached hydrogen (secondary N) is 1. The monoisotopic (exact) mass is 309 g/mol. The highest BCUT2D eigenvalue weighted by atomic mass is 79.9. The molecule has 1 N–H and O–H groups in total. The Morgan fingerprint density at radius 3 is 2.56 bits per heavy atom. The van der Waals surface area contributed by atoms with Gasteiger partial charge >= 0.3 is 0 Å². The standard InChI is InChI=1S/C10H13BrFNO2S/c1-7(2)6-13-16(14,15)10-4-3-8(11)5-9(10)12/h3-5,7,13H,6H2,1-2H3. The smallest absolute Gasteiger partial charge is 0.211 e. The average Bonchev–Trinajstić information content (AvgIpc) is 2.14. The van der Waals surface area contributed by atoms with Crippen molar-refractivity contribution in [2.45, 2.75) is 18.7 Å². The van der Waals surface area contributed by atoms with Crippen molar-refractivity contribution < 1.29 is 12.8 Å². The molecule has 0 spiro atoms. The van der Waals surface area contributed by atoms with Crippen LogP contribution in [0, 0.1) is 11.7 Å². The van der Waals surface area contributed by atoms with Gasteiger partial charge in [0.05, 0.1) is 0 Å². The summed E-state index contributed by atoms with van der Waals surface area (Å²) in [5.41, 5.74) is 0. The van der Waals surface area contributed by atoms with E-state index in [0.717, 1.165) is 6.07 Å². The highest BCUT2D eigenvalue weighted by Gasteiger charge is 2.18. The van der Waals surface area contributed by atoms with Crippen LogP contribution < -0.4 is 4.72 Å². The van der Waals surface area contributed by atoms with E-state index in [-0.39, 0.29) is 17.4 Å². The second kappa shape index (κ2) is 5.25. The molecule has 6 heteroatoms. The van der Waals surface area contributed by atoms with Crippen LogP contribution in [0.5, 0.6) is 0 Å². The van der Waals surface area contributed by atoms with Crippen molar-refractivity contribution in [3.8, 4) is 0 Å². The van der Waals surface area contributed by atoms with Crippen LogP contribution in [0.4, 0.5) is 4.39 Å². The second-order valence-corrected chi connectivity index (χ2v) is 6.47. The maximum atomic E-state index is 13.4. The van der Waals surface area contributed by atoms with Crippen LogP contribution in [0.25, 0.3) is 0 Å². The van der Waals surface area contributed by atoms with Crippen molar-refractivity contribution in [1.82, 2.24) is 4.72 Å². The fourth-order valence-electron chi connectivity index (χ4n) is 1.05. The summed E-state index contributed by atoms with van der Waals surface area (Å²) in [5.74, 6) is -0.584. The van der Waals surface area contributed by atoms with Crippen LogP contribution in [-0.2, 0) is 10.0 Å². The number of rotatable bonds is 4. The summed E-state index contributed by atoms with van der Waals surface area (Å²) in [6.07, 6.45) is 0. The van der Waals surface area contributed by atoms with Crippen LogP contribution in [0.1, 0.15) is 13.8 Å². The SMILES string of the molecule is CC(C)CNS(=O)(=O)c1ccc(Br)cc1F. The van der Waals surface area contributed by atoms with Crippen LogP contribution >= 0.6 is 15.9 Å². The predicted octanol–water partition coefficient (Wildman–Crippen LogP) is 2.52. The van der Waals surface area contributed by atoms with E-state index in [9.17, 15) is 12.8 Å². The minimum atomic E-state index is -3.75. The van der Waals surface area contributed by atoms with Gasteiger partial charge in [0.15, 0.2) is 0 Å². The van der Waals surface area contributed by atoms with E-state index in [1.807, 2.05) is 13.8 Å².